The van der Waals surface area contributed by atoms with Crippen molar-refractivity contribution in [1.82, 2.24) is 0 Å². The van der Waals surface area contributed by atoms with E-state index in [1.165, 1.54) is 0 Å². The van der Waals surface area contributed by atoms with Crippen LogP contribution in [0.4, 0.5) is 0 Å². The summed E-state index contributed by atoms with van der Waals surface area (Å²) in [5, 5.41) is 20.3. The molecule has 1 heterocycles. The maximum atomic E-state index is 11.7. The van der Waals surface area contributed by atoms with Gasteiger partial charge in [0.25, 0.3) is 0 Å². The van der Waals surface area contributed by atoms with Crippen LogP contribution >= 0.6 is 0 Å². The third kappa shape index (κ3) is 2.90. The van der Waals surface area contributed by atoms with Crippen molar-refractivity contribution in [2.45, 2.75) is 51.4 Å². The van der Waals surface area contributed by atoms with E-state index in [2.05, 4.69) is 6.58 Å². The molecule has 106 valence electrons. The molecule has 1 aliphatic heterocycles. The Balaban J connectivity index is 2.30. The molecular weight excluding hydrogens is 244 g/mol. The molecule has 0 saturated carbocycles. The first-order chi connectivity index (χ1) is 8.90. The van der Waals surface area contributed by atoms with Crippen LogP contribution in [0.15, 0.2) is 23.8 Å². The highest BCUT2D eigenvalue weighted by molar-refractivity contribution is 5.75. The zero-order chi connectivity index (χ0) is 14.2. The van der Waals surface area contributed by atoms with Gasteiger partial charge in [-0.25, -0.2) is 0 Å². The highest BCUT2D eigenvalue weighted by Crippen LogP contribution is 2.36. The van der Waals surface area contributed by atoms with Gasteiger partial charge >= 0.3 is 5.97 Å². The van der Waals surface area contributed by atoms with Gasteiger partial charge in [-0.3, -0.25) is 4.79 Å². The van der Waals surface area contributed by atoms with E-state index in [-0.39, 0.29) is 23.9 Å². The summed E-state index contributed by atoms with van der Waals surface area (Å²) in [6.07, 6.45) is 1.89. The van der Waals surface area contributed by atoms with Gasteiger partial charge in [-0.1, -0.05) is 19.1 Å². The molecule has 0 bridgehead atoms. The summed E-state index contributed by atoms with van der Waals surface area (Å²) in [6.45, 7) is 7.59. The number of aliphatic hydroxyl groups excluding tert-OH is 2. The molecule has 0 amide bonds. The van der Waals surface area contributed by atoms with E-state index in [1.54, 1.807) is 6.92 Å². The minimum absolute atomic E-state index is 0.260. The van der Waals surface area contributed by atoms with Crippen LogP contribution in [0, 0.1) is 11.8 Å². The number of carbonyl (C=O) groups excluding carboxylic acids is 1. The monoisotopic (exact) mass is 266 g/mol. The molecule has 1 fully saturated rings. The zero-order valence-electron chi connectivity index (χ0n) is 11.5. The first-order valence-corrected chi connectivity index (χ1v) is 6.81. The van der Waals surface area contributed by atoms with Crippen LogP contribution in [-0.2, 0) is 9.53 Å². The SMILES string of the molecule is C=C1C[C@@H](O)[C@H]2[C@H](C=C(C)CC[C@H]1O)OC(=O)[C@@H]2C. The molecular formula is C15H22O4. The van der Waals surface area contributed by atoms with Crippen molar-refractivity contribution in [3.63, 3.8) is 0 Å². The molecule has 1 aliphatic carbocycles. The number of aliphatic hydroxyl groups is 2. The number of ether oxygens (including phenoxy) is 1. The maximum Gasteiger partial charge on any atom is 0.309 e. The Morgan fingerprint density at radius 1 is 1.42 bits per heavy atom. The molecule has 5 atom stereocenters. The van der Waals surface area contributed by atoms with Crippen molar-refractivity contribution in [1.29, 1.82) is 0 Å². The number of rotatable bonds is 0. The third-order valence-corrected chi connectivity index (χ3v) is 4.23. The molecule has 4 heteroatoms. The molecule has 0 aromatic carbocycles. The Bertz CT molecular complexity index is 412. The van der Waals surface area contributed by atoms with Gasteiger partial charge in [-0.05, 0) is 37.8 Å². The number of allylic oxidation sites excluding steroid dienone is 1. The van der Waals surface area contributed by atoms with E-state index in [4.69, 9.17) is 4.74 Å². The summed E-state index contributed by atoms with van der Waals surface area (Å²) >= 11 is 0. The molecule has 2 rings (SSSR count). The average Bonchev–Trinajstić information content (AvgIpc) is 2.60. The van der Waals surface area contributed by atoms with E-state index in [0.29, 0.717) is 18.4 Å². The van der Waals surface area contributed by atoms with Crippen LogP contribution < -0.4 is 0 Å². The fourth-order valence-electron chi connectivity index (χ4n) is 2.93. The van der Waals surface area contributed by atoms with Crippen LogP contribution in [0.5, 0.6) is 0 Å². The molecule has 1 saturated heterocycles. The van der Waals surface area contributed by atoms with Gasteiger partial charge in [0.05, 0.1) is 18.1 Å². The molecule has 4 nitrogen and oxygen atoms in total. The van der Waals surface area contributed by atoms with E-state index >= 15 is 0 Å². The lowest BCUT2D eigenvalue weighted by atomic mass is 9.81. The van der Waals surface area contributed by atoms with Crippen LogP contribution in [0.25, 0.3) is 0 Å². The highest BCUT2D eigenvalue weighted by atomic mass is 16.6. The second-order valence-electron chi connectivity index (χ2n) is 5.76. The summed E-state index contributed by atoms with van der Waals surface area (Å²) in [7, 11) is 0. The fourth-order valence-corrected chi connectivity index (χ4v) is 2.93. The molecule has 2 aliphatic rings. The van der Waals surface area contributed by atoms with Gasteiger partial charge < -0.3 is 14.9 Å². The Labute approximate surface area is 113 Å². The number of carbonyl (C=O) groups is 1. The summed E-state index contributed by atoms with van der Waals surface area (Å²) in [5.74, 6) is -0.846. The lowest BCUT2D eigenvalue weighted by Gasteiger charge is -2.27. The van der Waals surface area contributed by atoms with E-state index in [1.807, 2.05) is 13.0 Å². The third-order valence-electron chi connectivity index (χ3n) is 4.23. The van der Waals surface area contributed by atoms with Crippen molar-refractivity contribution < 1.29 is 19.7 Å². The molecule has 2 N–H and O–H groups in total. The number of esters is 1. The lowest BCUT2D eigenvalue weighted by Crippen LogP contribution is -2.33. The first kappa shape index (κ1) is 14.3. The maximum absolute atomic E-state index is 11.7. The largest absolute Gasteiger partial charge is 0.457 e. The van der Waals surface area contributed by atoms with Crippen molar-refractivity contribution in [2.75, 3.05) is 0 Å². The second-order valence-corrected chi connectivity index (χ2v) is 5.76. The van der Waals surface area contributed by atoms with Crippen LogP contribution in [0.1, 0.15) is 33.1 Å². The topological polar surface area (TPSA) is 66.8 Å². The smallest absolute Gasteiger partial charge is 0.309 e. The van der Waals surface area contributed by atoms with E-state index < -0.39 is 12.2 Å². The van der Waals surface area contributed by atoms with Crippen molar-refractivity contribution in [3.05, 3.63) is 23.8 Å². The van der Waals surface area contributed by atoms with Gasteiger partial charge in [-0.15, -0.1) is 0 Å². The van der Waals surface area contributed by atoms with Gasteiger partial charge in [0.15, 0.2) is 0 Å². The zero-order valence-corrected chi connectivity index (χ0v) is 11.5. The number of hydrogen-bond donors (Lipinski definition) is 2. The number of fused-ring (bicyclic) bond motifs is 1. The summed E-state index contributed by atoms with van der Waals surface area (Å²) < 4.78 is 5.34. The lowest BCUT2D eigenvalue weighted by molar-refractivity contribution is -0.142. The molecule has 0 unspecified atom stereocenters. The Morgan fingerprint density at radius 2 is 2.11 bits per heavy atom. The van der Waals surface area contributed by atoms with Crippen LogP contribution in [0.2, 0.25) is 0 Å². The first-order valence-electron chi connectivity index (χ1n) is 6.81. The summed E-state index contributed by atoms with van der Waals surface area (Å²) in [5.41, 5.74) is 1.70. The molecule has 0 aromatic heterocycles. The minimum atomic E-state index is -0.712. The van der Waals surface area contributed by atoms with Gasteiger partial charge in [0, 0.05) is 5.92 Å². The predicted molar refractivity (Wildman–Crippen MR) is 71.3 cm³/mol. The predicted octanol–water partition coefficient (Wildman–Crippen LogP) is 1.57. The minimum Gasteiger partial charge on any atom is -0.457 e. The van der Waals surface area contributed by atoms with Crippen LogP contribution in [-0.4, -0.2) is 34.5 Å². The average molecular weight is 266 g/mol. The molecule has 0 spiro atoms. The molecule has 0 aromatic rings. The molecule has 19 heavy (non-hydrogen) atoms. The standard InChI is InChI=1S/C15H22O4/c1-8-4-5-11(16)9(2)7-12(17)14-10(3)15(18)19-13(14)6-8/h6,10-14,16-17H,2,4-5,7H2,1,3H3/t10-,11-,12-,13+,14+/m1/s1. The van der Waals surface area contributed by atoms with Gasteiger partial charge in [0.2, 0.25) is 0 Å². The Morgan fingerprint density at radius 3 is 2.79 bits per heavy atom. The van der Waals surface area contributed by atoms with Gasteiger partial charge in [-0.2, -0.15) is 0 Å². The van der Waals surface area contributed by atoms with Crippen molar-refractivity contribution >= 4 is 5.97 Å². The van der Waals surface area contributed by atoms with E-state index in [9.17, 15) is 15.0 Å². The highest BCUT2D eigenvalue weighted by Gasteiger charge is 2.45. The van der Waals surface area contributed by atoms with E-state index in [0.717, 1.165) is 12.0 Å². The van der Waals surface area contributed by atoms with Crippen molar-refractivity contribution in [3.8, 4) is 0 Å². The fraction of sp³-hybridized carbons (Fsp3) is 0.667. The summed E-state index contributed by atoms with van der Waals surface area (Å²) in [6, 6.07) is 0. The summed E-state index contributed by atoms with van der Waals surface area (Å²) in [4.78, 5) is 11.7. The van der Waals surface area contributed by atoms with Gasteiger partial charge in [0.1, 0.15) is 6.10 Å². The van der Waals surface area contributed by atoms with Crippen molar-refractivity contribution in [2.24, 2.45) is 11.8 Å². The second kappa shape index (κ2) is 5.47. The van der Waals surface area contributed by atoms with Crippen LogP contribution in [0.3, 0.4) is 0 Å². The molecule has 0 radical (unpaired) electrons. The number of hydrogen-bond acceptors (Lipinski definition) is 4. The normalized spacial score (nSPS) is 40.4. The Kier molecular flexibility index (Phi) is 4.11. The quantitative estimate of drug-likeness (QED) is 0.516. The Hall–Kier alpha value is -1.13.